The van der Waals surface area contributed by atoms with Gasteiger partial charge in [-0.3, -0.25) is 4.79 Å². The van der Waals surface area contributed by atoms with E-state index in [1.807, 2.05) is 4.90 Å². The van der Waals surface area contributed by atoms with E-state index in [4.69, 9.17) is 5.73 Å². The average Bonchev–Trinajstić information content (AvgIpc) is 2.49. The van der Waals surface area contributed by atoms with E-state index >= 15 is 0 Å². The van der Waals surface area contributed by atoms with Crippen LogP contribution in [0.15, 0.2) is 0 Å². The van der Waals surface area contributed by atoms with Crippen LogP contribution in [0.3, 0.4) is 0 Å². The summed E-state index contributed by atoms with van der Waals surface area (Å²) in [7, 11) is 1.63. The third-order valence-electron chi connectivity index (χ3n) is 2.27. The molecule has 0 spiro atoms. The fourth-order valence-electron chi connectivity index (χ4n) is 1.42. The van der Waals surface area contributed by atoms with Crippen LogP contribution in [-0.4, -0.2) is 41.2 Å². The van der Waals surface area contributed by atoms with Crippen molar-refractivity contribution in [3.8, 4) is 0 Å². The van der Waals surface area contributed by atoms with Crippen LogP contribution >= 0.6 is 0 Å². The van der Waals surface area contributed by atoms with Crippen molar-refractivity contribution in [2.24, 2.45) is 5.92 Å². The van der Waals surface area contributed by atoms with E-state index in [1.165, 1.54) is 0 Å². The molecule has 0 saturated carbocycles. The zero-order chi connectivity index (χ0) is 10.1. The van der Waals surface area contributed by atoms with Gasteiger partial charge in [0.1, 0.15) is 0 Å². The smallest absolute Gasteiger partial charge is 0.246 e. The Kier molecular flexibility index (Phi) is 1.99. The molecule has 0 bridgehead atoms. The highest BCUT2D eigenvalue weighted by atomic mass is 16.1. The van der Waals surface area contributed by atoms with Gasteiger partial charge in [0.15, 0.2) is 0 Å². The van der Waals surface area contributed by atoms with E-state index in [0.717, 1.165) is 0 Å². The number of nitrogens with zero attached hydrogens (tertiary/aromatic N) is 3. The number of carbonyl (C=O) groups excluding carboxylic acids is 1. The maximum absolute atomic E-state index is 11.2. The summed E-state index contributed by atoms with van der Waals surface area (Å²) in [6, 6.07) is 0. The van der Waals surface area contributed by atoms with Gasteiger partial charge in [0.2, 0.25) is 17.8 Å². The molecule has 2 rings (SSSR count). The fourth-order valence-corrected chi connectivity index (χ4v) is 1.42. The second-order valence-corrected chi connectivity index (χ2v) is 3.24. The molecule has 1 amide bonds. The van der Waals surface area contributed by atoms with Gasteiger partial charge in [-0.05, 0) is 0 Å². The molecule has 4 N–H and O–H groups in total. The van der Waals surface area contributed by atoms with Crippen LogP contribution in [0.5, 0.6) is 0 Å². The van der Waals surface area contributed by atoms with Crippen molar-refractivity contribution >= 4 is 17.8 Å². The van der Waals surface area contributed by atoms with Gasteiger partial charge in [-0.1, -0.05) is 0 Å². The second-order valence-electron chi connectivity index (χ2n) is 3.24. The van der Waals surface area contributed by atoms with Crippen LogP contribution in [0, 0.1) is 5.92 Å². The Morgan fingerprint density at radius 2 is 2.43 bits per heavy atom. The van der Waals surface area contributed by atoms with Crippen LogP contribution in [0.25, 0.3) is 0 Å². The first-order valence-corrected chi connectivity index (χ1v) is 4.35. The highest BCUT2D eigenvalue weighted by molar-refractivity contribution is 5.81. The van der Waals surface area contributed by atoms with Gasteiger partial charge in [0, 0.05) is 20.1 Å². The van der Waals surface area contributed by atoms with Crippen LogP contribution in [0.4, 0.5) is 11.9 Å². The molecule has 1 aromatic rings. The van der Waals surface area contributed by atoms with Gasteiger partial charge in [0.05, 0.1) is 5.92 Å². The maximum atomic E-state index is 11.2. The van der Waals surface area contributed by atoms with E-state index < -0.39 is 0 Å². The zero-order valence-electron chi connectivity index (χ0n) is 7.82. The molecule has 76 valence electrons. The summed E-state index contributed by atoms with van der Waals surface area (Å²) in [4.78, 5) is 17.0. The van der Waals surface area contributed by atoms with Crippen molar-refractivity contribution in [1.82, 2.24) is 20.5 Å². The summed E-state index contributed by atoms with van der Waals surface area (Å²) < 4.78 is 0. The first-order chi connectivity index (χ1) is 6.70. The van der Waals surface area contributed by atoms with E-state index in [9.17, 15) is 4.79 Å². The Bertz CT molecular complexity index is 342. The number of carbonyl (C=O) groups is 1. The Labute approximate surface area is 80.7 Å². The van der Waals surface area contributed by atoms with E-state index in [1.54, 1.807) is 7.05 Å². The van der Waals surface area contributed by atoms with E-state index in [2.05, 4.69) is 20.5 Å². The number of nitrogens with one attached hydrogen (secondary N) is 2. The number of nitrogen functional groups attached to an aromatic ring is 1. The largest absolute Gasteiger partial charge is 0.368 e. The molecule has 0 aromatic carbocycles. The normalized spacial score (nSPS) is 16.5. The third kappa shape index (κ3) is 1.36. The van der Waals surface area contributed by atoms with Gasteiger partial charge in [-0.25, -0.2) is 5.10 Å². The molecule has 1 aliphatic heterocycles. The molecular weight excluding hydrogens is 184 g/mol. The molecule has 1 aliphatic rings. The number of amides is 1. The number of aromatic amines is 1. The number of H-pyrrole nitrogens is 1. The summed E-state index contributed by atoms with van der Waals surface area (Å²) >= 11 is 0. The van der Waals surface area contributed by atoms with Crippen LogP contribution in [0.1, 0.15) is 0 Å². The lowest BCUT2D eigenvalue weighted by Crippen LogP contribution is -2.53. The van der Waals surface area contributed by atoms with Crippen LogP contribution in [0.2, 0.25) is 0 Å². The SMILES string of the molecule is CNC(=O)C1CN(c2n[nH]c(N)n2)C1. The molecule has 7 nitrogen and oxygen atoms in total. The second kappa shape index (κ2) is 3.17. The molecule has 0 unspecified atom stereocenters. The molecule has 1 aromatic heterocycles. The lowest BCUT2D eigenvalue weighted by molar-refractivity contribution is -0.125. The maximum Gasteiger partial charge on any atom is 0.246 e. The summed E-state index contributed by atoms with van der Waals surface area (Å²) in [6.45, 7) is 1.30. The fraction of sp³-hybridized carbons (Fsp3) is 0.571. The van der Waals surface area contributed by atoms with Crippen molar-refractivity contribution < 1.29 is 4.79 Å². The quantitative estimate of drug-likeness (QED) is 0.538. The molecule has 1 saturated heterocycles. The average molecular weight is 196 g/mol. The lowest BCUT2D eigenvalue weighted by atomic mass is 10.0. The predicted molar refractivity (Wildman–Crippen MR) is 50.6 cm³/mol. The van der Waals surface area contributed by atoms with Crippen molar-refractivity contribution in [1.29, 1.82) is 0 Å². The number of anilines is 2. The first-order valence-electron chi connectivity index (χ1n) is 4.35. The number of hydrogen-bond donors (Lipinski definition) is 3. The molecule has 1 fully saturated rings. The van der Waals surface area contributed by atoms with Gasteiger partial charge >= 0.3 is 0 Å². The minimum atomic E-state index is 0.0414. The van der Waals surface area contributed by atoms with Gasteiger partial charge in [-0.15, -0.1) is 5.10 Å². The van der Waals surface area contributed by atoms with E-state index in [0.29, 0.717) is 25.0 Å². The first kappa shape index (κ1) is 8.79. The van der Waals surface area contributed by atoms with Crippen molar-refractivity contribution in [2.75, 3.05) is 30.8 Å². The van der Waals surface area contributed by atoms with Crippen molar-refractivity contribution in [3.63, 3.8) is 0 Å². The lowest BCUT2D eigenvalue weighted by Gasteiger charge is -2.36. The molecule has 7 heteroatoms. The number of aromatic nitrogens is 3. The van der Waals surface area contributed by atoms with Crippen LogP contribution in [-0.2, 0) is 4.79 Å². The van der Waals surface area contributed by atoms with E-state index in [-0.39, 0.29) is 11.8 Å². The Morgan fingerprint density at radius 1 is 1.71 bits per heavy atom. The molecule has 14 heavy (non-hydrogen) atoms. The summed E-state index contributed by atoms with van der Waals surface area (Å²) in [5, 5.41) is 9.05. The van der Waals surface area contributed by atoms with Gasteiger partial charge in [0.25, 0.3) is 0 Å². The van der Waals surface area contributed by atoms with Crippen LogP contribution < -0.4 is 16.0 Å². The minimum absolute atomic E-state index is 0.0414. The Morgan fingerprint density at radius 3 is 2.93 bits per heavy atom. The van der Waals surface area contributed by atoms with Gasteiger partial charge < -0.3 is 16.0 Å². The van der Waals surface area contributed by atoms with Gasteiger partial charge in [-0.2, -0.15) is 4.98 Å². The topological polar surface area (TPSA) is 99.9 Å². The zero-order valence-corrected chi connectivity index (χ0v) is 7.82. The number of nitrogens with two attached hydrogens (primary N) is 1. The molecule has 2 heterocycles. The Hall–Kier alpha value is -1.79. The number of rotatable bonds is 2. The molecule has 0 atom stereocenters. The Balaban J connectivity index is 1.92. The highest BCUT2D eigenvalue weighted by Crippen LogP contribution is 2.20. The number of hydrogen-bond acceptors (Lipinski definition) is 5. The standard InChI is InChI=1S/C7H12N6O/c1-9-5(14)4-2-13(3-4)7-10-6(8)11-12-7/h4H,2-3H2,1H3,(H,9,14)(H3,8,10,11,12). The van der Waals surface area contributed by atoms with Crippen molar-refractivity contribution in [3.05, 3.63) is 0 Å². The third-order valence-corrected chi connectivity index (χ3v) is 2.27. The highest BCUT2D eigenvalue weighted by Gasteiger charge is 2.33. The van der Waals surface area contributed by atoms with Crippen molar-refractivity contribution in [2.45, 2.75) is 0 Å². The predicted octanol–water partition coefficient (Wildman–Crippen LogP) is -1.43. The monoisotopic (exact) mass is 196 g/mol. The molecule has 0 aliphatic carbocycles. The minimum Gasteiger partial charge on any atom is -0.368 e. The summed E-state index contributed by atoms with van der Waals surface area (Å²) in [5.41, 5.74) is 5.38. The molecule has 0 radical (unpaired) electrons. The summed E-state index contributed by atoms with van der Waals surface area (Å²) in [6.07, 6.45) is 0. The molecular formula is C7H12N6O. The summed E-state index contributed by atoms with van der Waals surface area (Å²) in [5.74, 6) is 0.954.